The molecule has 1 aromatic carbocycles. The molecule has 2 rings (SSSR count). The summed E-state index contributed by atoms with van der Waals surface area (Å²) >= 11 is 5.73. The van der Waals surface area contributed by atoms with Gasteiger partial charge in [0.2, 0.25) is 0 Å². The standard InChI is InChI=1S/C14H13ClFN3O3/c1-7(22-11-6-12(15)18-19-13(11)17)10-5-8(16)3-4-9(10)14(20)21-2/h3-7H,1-2H3,(H2,17,19)/t7-/m1/s1. The fourth-order valence-electron chi connectivity index (χ4n) is 1.88. The summed E-state index contributed by atoms with van der Waals surface area (Å²) in [7, 11) is 1.24. The highest BCUT2D eigenvalue weighted by molar-refractivity contribution is 6.29. The van der Waals surface area contributed by atoms with Crippen molar-refractivity contribution in [3.8, 4) is 5.75 Å². The van der Waals surface area contributed by atoms with Gasteiger partial charge in [0.05, 0.1) is 12.7 Å². The van der Waals surface area contributed by atoms with Gasteiger partial charge in [-0.1, -0.05) is 11.6 Å². The van der Waals surface area contributed by atoms with Crippen molar-refractivity contribution >= 4 is 23.4 Å². The third-order valence-corrected chi connectivity index (χ3v) is 3.10. The molecule has 0 aliphatic rings. The average molecular weight is 326 g/mol. The SMILES string of the molecule is COC(=O)c1ccc(F)cc1[C@@H](C)Oc1cc(Cl)nnc1N. The summed E-state index contributed by atoms with van der Waals surface area (Å²) < 4.78 is 23.8. The van der Waals surface area contributed by atoms with E-state index in [1.807, 2.05) is 0 Å². The number of nitrogens with two attached hydrogens (primary N) is 1. The number of hydrogen-bond acceptors (Lipinski definition) is 6. The first-order chi connectivity index (χ1) is 10.4. The summed E-state index contributed by atoms with van der Waals surface area (Å²) in [5.74, 6) is -0.874. The van der Waals surface area contributed by atoms with Crippen LogP contribution in [0, 0.1) is 5.82 Å². The summed E-state index contributed by atoms with van der Waals surface area (Å²) in [6.07, 6.45) is -0.688. The Morgan fingerprint density at radius 3 is 2.77 bits per heavy atom. The lowest BCUT2D eigenvalue weighted by molar-refractivity contribution is 0.0595. The number of aromatic nitrogens is 2. The van der Waals surface area contributed by atoms with E-state index in [1.165, 1.54) is 31.4 Å². The first-order valence-electron chi connectivity index (χ1n) is 6.25. The summed E-state index contributed by atoms with van der Waals surface area (Å²) in [4.78, 5) is 11.8. The Kier molecular flexibility index (Phi) is 4.77. The van der Waals surface area contributed by atoms with Crippen molar-refractivity contribution < 1.29 is 18.7 Å². The fourth-order valence-corrected chi connectivity index (χ4v) is 2.01. The molecule has 116 valence electrons. The Hall–Kier alpha value is -2.41. The van der Waals surface area contributed by atoms with Gasteiger partial charge in [-0.05, 0) is 25.1 Å². The number of hydrogen-bond donors (Lipinski definition) is 1. The van der Waals surface area contributed by atoms with E-state index in [2.05, 4.69) is 14.9 Å². The molecule has 1 aromatic heterocycles. The van der Waals surface area contributed by atoms with Crippen molar-refractivity contribution in [1.82, 2.24) is 10.2 Å². The molecule has 0 saturated carbocycles. The molecule has 0 spiro atoms. The maximum absolute atomic E-state index is 13.5. The smallest absolute Gasteiger partial charge is 0.338 e. The van der Waals surface area contributed by atoms with Gasteiger partial charge in [0.25, 0.3) is 0 Å². The van der Waals surface area contributed by atoms with Crippen LogP contribution in [0.25, 0.3) is 0 Å². The van der Waals surface area contributed by atoms with E-state index in [9.17, 15) is 9.18 Å². The molecule has 0 radical (unpaired) electrons. The quantitative estimate of drug-likeness (QED) is 0.870. The minimum atomic E-state index is -0.688. The highest BCUT2D eigenvalue weighted by atomic mass is 35.5. The van der Waals surface area contributed by atoms with Gasteiger partial charge in [0, 0.05) is 11.6 Å². The topological polar surface area (TPSA) is 87.3 Å². The van der Waals surface area contributed by atoms with Gasteiger partial charge in [-0.2, -0.15) is 0 Å². The Morgan fingerprint density at radius 2 is 2.09 bits per heavy atom. The van der Waals surface area contributed by atoms with E-state index in [0.29, 0.717) is 5.56 Å². The lowest BCUT2D eigenvalue weighted by atomic mass is 10.0. The lowest BCUT2D eigenvalue weighted by Crippen LogP contribution is -2.13. The second-order valence-electron chi connectivity index (χ2n) is 4.40. The number of carbonyl (C=O) groups is 1. The van der Waals surface area contributed by atoms with Crippen molar-refractivity contribution in [3.05, 3.63) is 46.4 Å². The van der Waals surface area contributed by atoms with Crippen molar-refractivity contribution in [1.29, 1.82) is 0 Å². The zero-order valence-electron chi connectivity index (χ0n) is 11.8. The number of rotatable bonds is 4. The Morgan fingerprint density at radius 1 is 1.36 bits per heavy atom. The molecule has 6 nitrogen and oxygen atoms in total. The Labute approximate surface area is 131 Å². The van der Waals surface area contributed by atoms with E-state index in [-0.39, 0.29) is 22.3 Å². The predicted molar refractivity (Wildman–Crippen MR) is 78.2 cm³/mol. The van der Waals surface area contributed by atoms with E-state index in [1.54, 1.807) is 6.92 Å². The van der Waals surface area contributed by atoms with Gasteiger partial charge < -0.3 is 15.2 Å². The van der Waals surface area contributed by atoms with Crippen LogP contribution in [-0.4, -0.2) is 23.3 Å². The number of esters is 1. The number of halogens is 2. The van der Waals surface area contributed by atoms with E-state index < -0.39 is 17.9 Å². The van der Waals surface area contributed by atoms with Gasteiger partial charge in [-0.3, -0.25) is 0 Å². The first kappa shape index (κ1) is 16.0. The van der Waals surface area contributed by atoms with Crippen molar-refractivity contribution in [2.75, 3.05) is 12.8 Å². The summed E-state index contributed by atoms with van der Waals surface area (Å²) in [6.45, 7) is 1.63. The zero-order chi connectivity index (χ0) is 16.3. The molecule has 0 fully saturated rings. The Balaban J connectivity index is 2.36. The van der Waals surface area contributed by atoms with Crippen LogP contribution >= 0.6 is 11.6 Å². The van der Waals surface area contributed by atoms with Crippen LogP contribution in [-0.2, 0) is 4.74 Å². The number of carbonyl (C=O) groups excluding carboxylic acids is 1. The molecule has 0 unspecified atom stereocenters. The van der Waals surface area contributed by atoms with E-state index in [4.69, 9.17) is 22.1 Å². The molecular weight excluding hydrogens is 313 g/mol. The largest absolute Gasteiger partial charge is 0.482 e. The van der Waals surface area contributed by atoms with Gasteiger partial charge in [-0.15, -0.1) is 10.2 Å². The van der Waals surface area contributed by atoms with Crippen LogP contribution in [0.5, 0.6) is 5.75 Å². The highest BCUT2D eigenvalue weighted by Crippen LogP contribution is 2.29. The predicted octanol–water partition coefficient (Wildman–Crippen LogP) is 2.78. The van der Waals surface area contributed by atoms with Crippen LogP contribution in [0.1, 0.15) is 28.9 Å². The number of nitrogen functional groups attached to an aromatic ring is 1. The number of ether oxygens (including phenoxy) is 2. The van der Waals surface area contributed by atoms with Gasteiger partial charge >= 0.3 is 5.97 Å². The summed E-state index contributed by atoms with van der Waals surface area (Å²) in [6, 6.07) is 5.08. The summed E-state index contributed by atoms with van der Waals surface area (Å²) in [5.41, 5.74) is 6.16. The number of anilines is 1. The minimum absolute atomic E-state index is 0.0345. The van der Waals surface area contributed by atoms with E-state index >= 15 is 0 Å². The molecular formula is C14H13ClFN3O3. The maximum Gasteiger partial charge on any atom is 0.338 e. The molecule has 2 aromatic rings. The summed E-state index contributed by atoms with van der Waals surface area (Å²) in [5, 5.41) is 7.29. The zero-order valence-corrected chi connectivity index (χ0v) is 12.6. The van der Waals surface area contributed by atoms with Crippen LogP contribution in [0.15, 0.2) is 24.3 Å². The fraction of sp³-hybridized carbons (Fsp3) is 0.214. The monoisotopic (exact) mass is 325 g/mol. The van der Waals surface area contributed by atoms with Crippen molar-refractivity contribution in [2.24, 2.45) is 0 Å². The molecule has 0 aliphatic heterocycles. The van der Waals surface area contributed by atoms with Crippen LogP contribution < -0.4 is 10.5 Å². The molecule has 0 saturated heterocycles. The third-order valence-electron chi connectivity index (χ3n) is 2.92. The highest BCUT2D eigenvalue weighted by Gasteiger charge is 2.20. The molecule has 22 heavy (non-hydrogen) atoms. The van der Waals surface area contributed by atoms with Crippen molar-refractivity contribution in [2.45, 2.75) is 13.0 Å². The first-order valence-corrected chi connectivity index (χ1v) is 6.63. The second kappa shape index (κ2) is 6.57. The maximum atomic E-state index is 13.5. The van der Waals surface area contributed by atoms with Gasteiger partial charge in [0.15, 0.2) is 16.7 Å². The number of benzene rings is 1. The normalized spacial score (nSPS) is 11.8. The third kappa shape index (κ3) is 3.43. The molecule has 0 aliphatic carbocycles. The number of methoxy groups -OCH3 is 1. The molecule has 1 heterocycles. The van der Waals surface area contributed by atoms with Gasteiger partial charge in [-0.25, -0.2) is 9.18 Å². The molecule has 0 bridgehead atoms. The van der Waals surface area contributed by atoms with E-state index in [0.717, 1.165) is 0 Å². The van der Waals surface area contributed by atoms with Crippen LogP contribution in [0.4, 0.5) is 10.2 Å². The van der Waals surface area contributed by atoms with Crippen LogP contribution in [0.3, 0.4) is 0 Å². The Bertz CT molecular complexity index is 712. The molecule has 2 N–H and O–H groups in total. The van der Waals surface area contributed by atoms with Crippen LogP contribution in [0.2, 0.25) is 5.15 Å². The molecule has 0 amide bonds. The lowest BCUT2D eigenvalue weighted by Gasteiger charge is -2.18. The van der Waals surface area contributed by atoms with Gasteiger partial charge in [0.1, 0.15) is 11.9 Å². The van der Waals surface area contributed by atoms with Crippen molar-refractivity contribution in [3.63, 3.8) is 0 Å². The minimum Gasteiger partial charge on any atom is -0.482 e. The molecule has 1 atom stereocenters. The average Bonchev–Trinajstić information content (AvgIpc) is 2.50. The second-order valence-corrected chi connectivity index (χ2v) is 4.79. The number of nitrogens with zero attached hydrogens (tertiary/aromatic N) is 2. The molecule has 8 heteroatoms.